The molecule has 19 heavy (non-hydrogen) atoms. The van der Waals surface area contributed by atoms with Crippen LogP contribution < -0.4 is 11.2 Å². The van der Waals surface area contributed by atoms with Gasteiger partial charge in [-0.25, -0.2) is 9.78 Å². The van der Waals surface area contributed by atoms with Crippen LogP contribution in [0.1, 0.15) is 35.3 Å². The van der Waals surface area contributed by atoms with Crippen LogP contribution >= 0.6 is 22.9 Å². The van der Waals surface area contributed by atoms with E-state index >= 15 is 0 Å². The Balaban J connectivity index is 2.63. The molecule has 1 N–H and O–H groups in total. The highest BCUT2D eigenvalue weighted by Gasteiger charge is 2.19. The Morgan fingerprint density at radius 3 is 2.74 bits per heavy atom. The van der Waals surface area contributed by atoms with Gasteiger partial charge >= 0.3 is 5.69 Å². The van der Waals surface area contributed by atoms with E-state index in [1.54, 1.807) is 13.1 Å². The van der Waals surface area contributed by atoms with E-state index in [0.29, 0.717) is 12.0 Å². The fraction of sp³-hybridized carbons (Fsp3) is 0.417. The number of rotatable bonds is 3. The van der Waals surface area contributed by atoms with Gasteiger partial charge in [-0.1, -0.05) is 18.5 Å². The van der Waals surface area contributed by atoms with E-state index in [1.165, 1.54) is 15.9 Å². The molecule has 0 radical (unpaired) electrons. The van der Waals surface area contributed by atoms with E-state index in [1.807, 2.05) is 13.8 Å². The third-order valence-corrected chi connectivity index (χ3v) is 4.32. The number of nitrogens with zero attached hydrogens (tertiary/aromatic N) is 2. The van der Waals surface area contributed by atoms with Crippen molar-refractivity contribution in [2.75, 3.05) is 0 Å². The van der Waals surface area contributed by atoms with Gasteiger partial charge in [0.25, 0.3) is 5.56 Å². The molecule has 0 aliphatic rings. The van der Waals surface area contributed by atoms with Gasteiger partial charge in [-0.2, -0.15) is 0 Å². The van der Waals surface area contributed by atoms with E-state index in [9.17, 15) is 9.59 Å². The summed E-state index contributed by atoms with van der Waals surface area (Å²) in [6.07, 6.45) is 2.20. The molecule has 0 spiro atoms. The van der Waals surface area contributed by atoms with Gasteiger partial charge < -0.3 is 0 Å². The number of aromatic nitrogens is 3. The van der Waals surface area contributed by atoms with E-state index in [-0.39, 0.29) is 10.7 Å². The Morgan fingerprint density at radius 2 is 2.21 bits per heavy atom. The molecule has 0 aliphatic carbocycles. The van der Waals surface area contributed by atoms with Crippen LogP contribution in [0.15, 0.2) is 15.8 Å². The van der Waals surface area contributed by atoms with E-state index in [4.69, 9.17) is 11.6 Å². The molecule has 7 heteroatoms. The van der Waals surface area contributed by atoms with Gasteiger partial charge in [0.05, 0.1) is 11.6 Å². The van der Waals surface area contributed by atoms with Crippen molar-refractivity contribution in [2.45, 2.75) is 33.2 Å². The quantitative estimate of drug-likeness (QED) is 0.883. The van der Waals surface area contributed by atoms with Crippen LogP contribution in [0.2, 0.25) is 5.15 Å². The van der Waals surface area contributed by atoms with Crippen molar-refractivity contribution in [1.29, 1.82) is 0 Å². The second kappa shape index (κ2) is 5.30. The van der Waals surface area contributed by atoms with Gasteiger partial charge in [0, 0.05) is 11.1 Å². The molecule has 0 saturated heterocycles. The predicted molar refractivity (Wildman–Crippen MR) is 76.4 cm³/mol. The van der Waals surface area contributed by atoms with Gasteiger partial charge in [0.15, 0.2) is 0 Å². The van der Waals surface area contributed by atoms with Crippen molar-refractivity contribution in [3.8, 4) is 0 Å². The summed E-state index contributed by atoms with van der Waals surface area (Å²) in [5.74, 6) is 0. The summed E-state index contributed by atoms with van der Waals surface area (Å²) >= 11 is 7.35. The first-order valence-electron chi connectivity index (χ1n) is 5.91. The number of hydrogen-bond acceptors (Lipinski definition) is 4. The lowest BCUT2D eigenvalue weighted by Gasteiger charge is -2.13. The molecule has 2 aromatic heterocycles. The first kappa shape index (κ1) is 14.0. The lowest BCUT2D eigenvalue weighted by Crippen LogP contribution is -2.39. The first-order valence-corrected chi connectivity index (χ1v) is 7.10. The monoisotopic (exact) mass is 299 g/mol. The Bertz CT molecular complexity index is 716. The molecule has 0 amide bonds. The lowest BCUT2D eigenvalue weighted by molar-refractivity contribution is 0.569. The fourth-order valence-corrected chi connectivity index (χ4v) is 3.01. The minimum absolute atomic E-state index is 0.122. The maximum atomic E-state index is 12.3. The predicted octanol–water partition coefficient (Wildman–Crippen LogP) is 2.13. The lowest BCUT2D eigenvalue weighted by atomic mass is 10.2. The summed E-state index contributed by atoms with van der Waals surface area (Å²) in [5, 5.41) is 0.853. The van der Waals surface area contributed by atoms with Gasteiger partial charge in [0.2, 0.25) is 0 Å². The zero-order valence-corrected chi connectivity index (χ0v) is 12.4. The molecule has 0 aliphatic heterocycles. The van der Waals surface area contributed by atoms with Crippen molar-refractivity contribution in [3.63, 3.8) is 0 Å². The van der Waals surface area contributed by atoms with Crippen LogP contribution in [-0.2, 0) is 6.42 Å². The van der Waals surface area contributed by atoms with Gasteiger partial charge in [-0.15, -0.1) is 11.3 Å². The Labute approximate surface area is 118 Å². The number of hydrogen-bond donors (Lipinski definition) is 1. The molecule has 1 atom stereocenters. The summed E-state index contributed by atoms with van der Waals surface area (Å²) in [5.41, 5.74) is -0.439. The molecule has 0 fully saturated rings. The van der Waals surface area contributed by atoms with Crippen LogP contribution in [0.5, 0.6) is 0 Å². The minimum Gasteiger partial charge on any atom is -0.297 e. The Morgan fingerprint density at radius 1 is 1.53 bits per heavy atom. The molecular formula is C12H14ClN3O2S. The van der Waals surface area contributed by atoms with Crippen molar-refractivity contribution in [1.82, 2.24) is 14.5 Å². The largest absolute Gasteiger partial charge is 0.330 e. The number of aromatic amines is 1. The molecule has 0 aromatic carbocycles. The summed E-state index contributed by atoms with van der Waals surface area (Å²) < 4.78 is 1.17. The summed E-state index contributed by atoms with van der Waals surface area (Å²) in [4.78, 5) is 32.0. The average molecular weight is 300 g/mol. The third kappa shape index (κ3) is 2.50. The zero-order chi connectivity index (χ0) is 14.2. The average Bonchev–Trinajstić information content (AvgIpc) is 2.75. The maximum absolute atomic E-state index is 12.3. The fourth-order valence-electron chi connectivity index (χ4n) is 1.90. The molecule has 2 heterocycles. The summed E-state index contributed by atoms with van der Waals surface area (Å²) in [6.45, 7) is 5.53. The maximum Gasteiger partial charge on any atom is 0.330 e. The number of aryl methyl sites for hydroxylation is 1. The van der Waals surface area contributed by atoms with Crippen molar-refractivity contribution in [3.05, 3.63) is 47.6 Å². The number of H-pyrrole nitrogens is 1. The second-order valence-corrected chi connectivity index (χ2v) is 5.88. The molecule has 102 valence electrons. The highest BCUT2D eigenvalue weighted by molar-refractivity contribution is 7.11. The Hall–Kier alpha value is -1.40. The van der Waals surface area contributed by atoms with Crippen LogP contribution in [0, 0.1) is 6.92 Å². The molecule has 0 bridgehead atoms. The van der Waals surface area contributed by atoms with Crippen LogP contribution in [0.4, 0.5) is 0 Å². The summed E-state index contributed by atoms with van der Waals surface area (Å²) in [6, 6.07) is -0.405. The van der Waals surface area contributed by atoms with Crippen molar-refractivity contribution in [2.24, 2.45) is 0 Å². The van der Waals surface area contributed by atoms with Crippen molar-refractivity contribution < 1.29 is 0 Å². The number of nitrogens with one attached hydrogen (secondary N) is 1. The number of thiazole rings is 1. The van der Waals surface area contributed by atoms with E-state index in [0.717, 1.165) is 9.88 Å². The summed E-state index contributed by atoms with van der Waals surface area (Å²) in [7, 11) is 0. The topological polar surface area (TPSA) is 67.8 Å². The molecule has 5 nitrogen and oxygen atoms in total. The molecule has 1 unspecified atom stereocenters. The second-order valence-electron chi connectivity index (χ2n) is 4.24. The molecule has 0 saturated carbocycles. The highest BCUT2D eigenvalue weighted by atomic mass is 35.5. The Kier molecular flexibility index (Phi) is 3.91. The molecular weight excluding hydrogens is 286 g/mol. The zero-order valence-electron chi connectivity index (χ0n) is 10.9. The molecule has 2 aromatic rings. The SMILES string of the molecule is CCc1c(Cl)[nH]c(=O)n(C(C)c2ncc(C)s2)c1=O. The third-order valence-electron chi connectivity index (χ3n) is 2.91. The highest BCUT2D eigenvalue weighted by Crippen LogP contribution is 2.21. The normalized spacial score (nSPS) is 12.6. The first-order chi connectivity index (χ1) is 8.95. The molecule has 2 rings (SSSR count). The van der Waals surface area contributed by atoms with Gasteiger partial charge in [-0.3, -0.25) is 14.3 Å². The van der Waals surface area contributed by atoms with Crippen LogP contribution in [0.25, 0.3) is 0 Å². The smallest absolute Gasteiger partial charge is 0.297 e. The van der Waals surface area contributed by atoms with Gasteiger partial charge in [0.1, 0.15) is 10.2 Å². The van der Waals surface area contributed by atoms with E-state index in [2.05, 4.69) is 9.97 Å². The van der Waals surface area contributed by atoms with E-state index < -0.39 is 11.7 Å². The van der Waals surface area contributed by atoms with Gasteiger partial charge in [-0.05, 0) is 20.3 Å². The minimum atomic E-state index is -0.507. The standard InChI is InChI=1S/C12H14ClN3O2S/c1-4-8-9(13)15-12(18)16(11(8)17)7(3)10-14-5-6(2)19-10/h5,7H,4H2,1-3H3,(H,15,18). The van der Waals surface area contributed by atoms with Crippen LogP contribution in [0.3, 0.4) is 0 Å². The number of halogens is 1. The van der Waals surface area contributed by atoms with Crippen LogP contribution in [-0.4, -0.2) is 14.5 Å². The van der Waals surface area contributed by atoms with Crippen molar-refractivity contribution >= 4 is 22.9 Å².